The van der Waals surface area contributed by atoms with Gasteiger partial charge < -0.3 is 19.2 Å². The van der Waals surface area contributed by atoms with Gasteiger partial charge in [-0.1, -0.05) is 44.2 Å². The summed E-state index contributed by atoms with van der Waals surface area (Å²) in [5.74, 6) is -0.904. The molecule has 0 radical (unpaired) electrons. The Morgan fingerprint density at radius 3 is 2.42 bits per heavy atom. The highest BCUT2D eigenvalue weighted by Gasteiger charge is 2.47. The van der Waals surface area contributed by atoms with E-state index in [1.807, 2.05) is 38.1 Å². The van der Waals surface area contributed by atoms with E-state index in [9.17, 15) is 14.7 Å². The van der Waals surface area contributed by atoms with Crippen LogP contribution in [0.4, 0.5) is 0 Å². The molecule has 1 N–H and O–H groups in total. The zero-order valence-electron chi connectivity index (χ0n) is 17.7. The van der Waals surface area contributed by atoms with Crippen molar-refractivity contribution in [3.05, 3.63) is 89.4 Å². The van der Waals surface area contributed by atoms with Gasteiger partial charge in [0.15, 0.2) is 0 Å². The van der Waals surface area contributed by atoms with Gasteiger partial charge in [-0.3, -0.25) is 9.59 Å². The van der Waals surface area contributed by atoms with E-state index < -0.39 is 23.3 Å². The van der Waals surface area contributed by atoms with Crippen molar-refractivity contribution in [1.29, 1.82) is 0 Å². The predicted octanol–water partition coefficient (Wildman–Crippen LogP) is 4.63. The molecule has 6 heteroatoms. The number of hydrogen-bond donors (Lipinski definition) is 1. The number of methoxy groups -OCH3 is 1. The minimum atomic E-state index is -0.992. The number of rotatable bonds is 6. The summed E-state index contributed by atoms with van der Waals surface area (Å²) < 4.78 is 10.9. The van der Waals surface area contributed by atoms with Crippen LogP contribution in [-0.2, 0) is 10.2 Å². The normalized spacial score (nSPS) is 18.5. The molecule has 2 heterocycles. The standard InChI is InChI=1S/C25H25NO5/c1-25(2,16-10-12-17(30-3)13-11-16)15-26-22(20-9-6-14-31-20)21(24(28)29)18-7-4-5-8-19(18)23(26)27/h4-14,21-22H,15H2,1-3H3,(H,28,29). The van der Waals surface area contributed by atoms with Gasteiger partial charge in [0.25, 0.3) is 5.91 Å². The van der Waals surface area contributed by atoms with E-state index in [1.54, 1.807) is 48.4 Å². The van der Waals surface area contributed by atoms with Crippen LogP contribution in [0, 0.1) is 0 Å². The second kappa shape index (κ2) is 7.95. The second-order valence-electron chi connectivity index (χ2n) is 8.41. The Labute approximate surface area is 181 Å². The highest BCUT2D eigenvalue weighted by Crippen LogP contribution is 2.44. The molecular weight excluding hydrogens is 394 g/mol. The molecule has 160 valence electrons. The number of fused-ring (bicyclic) bond motifs is 1. The molecule has 0 fully saturated rings. The number of furan rings is 1. The Morgan fingerprint density at radius 2 is 1.81 bits per heavy atom. The second-order valence-corrected chi connectivity index (χ2v) is 8.41. The molecule has 2 atom stereocenters. The number of carbonyl (C=O) groups excluding carboxylic acids is 1. The molecule has 0 saturated heterocycles. The molecule has 1 aliphatic heterocycles. The minimum Gasteiger partial charge on any atom is -0.497 e. The summed E-state index contributed by atoms with van der Waals surface area (Å²) in [6, 6.07) is 17.3. The van der Waals surface area contributed by atoms with Gasteiger partial charge in [-0.05, 0) is 41.5 Å². The molecule has 2 unspecified atom stereocenters. The summed E-state index contributed by atoms with van der Waals surface area (Å²) >= 11 is 0. The highest BCUT2D eigenvalue weighted by molar-refractivity contribution is 6.00. The summed E-state index contributed by atoms with van der Waals surface area (Å²) in [4.78, 5) is 27.6. The third-order valence-electron chi connectivity index (χ3n) is 5.98. The molecule has 2 aromatic carbocycles. The molecule has 0 spiro atoms. The Hall–Kier alpha value is -3.54. The van der Waals surface area contributed by atoms with Gasteiger partial charge in [-0.15, -0.1) is 0 Å². The minimum absolute atomic E-state index is 0.198. The van der Waals surface area contributed by atoms with Crippen LogP contribution in [0.2, 0.25) is 0 Å². The Bertz CT molecular complexity index is 1090. The third-order valence-corrected chi connectivity index (χ3v) is 5.98. The van der Waals surface area contributed by atoms with E-state index in [0.29, 0.717) is 23.4 Å². The predicted molar refractivity (Wildman–Crippen MR) is 115 cm³/mol. The molecule has 1 amide bonds. The van der Waals surface area contributed by atoms with Crippen LogP contribution in [-0.4, -0.2) is 35.5 Å². The zero-order valence-corrected chi connectivity index (χ0v) is 17.7. The van der Waals surface area contributed by atoms with Crippen LogP contribution in [0.1, 0.15) is 53.1 Å². The highest BCUT2D eigenvalue weighted by atomic mass is 16.5. The lowest BCUT2D eigenvalue weighted by Gasteiger charge is -2.43. The molecule has 0 bridgehead atoms. The van der Waals surface area contributed by atoms with Gasteiger partial charge in [0, 0.05) is 17.5 Å². The number of carboxylic acid groups (broad SMARTS) is 1. The Kier molecular flexibility index (Phi) is 5.31. The van der Waals surface area contributed by atoms with Crippen LogP contribution in [0.25, 0.3) is 0 Å². The molecule has 4 rings (SSSR count). The average Bonchev–Trinajstić information content (AvgIpc) is 3.29. The monoisotopic (exact) mass is 419 g/mol. The number of nitrogens with zero attached hydrogens (tertiary/aromatic N) is 1. The van der Waals surface area contributed by atoms with E-state index in [2.05, 4.69) is 0 Å². The van der Waals surface area contributed by atoms with Gasteiger partial charge >= 0.3 is 5.97 Å². The van der Waals surface area contributed by atoms with Crippen molar-refractivity contribution >= 4 is 11.9 Å². The first-order chi connectivity index (χ1) is 14.8. The van der Waals surface area contributed by atoms with Gasteiger partial charge in [-0.2, -0.15) is 0 Å². The van der Waals surface area contributed by atoms with Crippen LogP contribution < -0.4 is 4.74 Å². The van der Waals surface area contributed by atoms with Crippen LogP contribution >= 0.6 is 0 Å². The van der Waals surface area contributed by atoms with Gasteiger partial charge in [0.05, 0.1) is 13.4 Å². The van der Waals surface area contributed by atoms with Crippen LogP contribution in [0.3, 0.4) is 0 Å². The summed E-state index contributed by atoms with van der Waals surface area (Å²) in [6.45, 7) is 4.40. The molecule has 0 aliphatic carbocycles. The fourth-order valence-electron chi connectivity index (χ4n) is 4.37. The molecule has 3 aromatic rings. The lowest BCUT2D eigenvalue weighted by molar-refractivity contribution is -0.141. The summed E-state index contributed by atoms with van der Waals surface area (Å²) in [5.41, 5.74) is 1.51. The average molecular weight is 419 g/mol. The van der Waals surface area contributed by atoms with Gasteiger partial charge in [0.1, 0.15) is 23.5 Å². The topological polar surface area (TPSA) is 80.0 Å². The molecule has 0 saturated carbocycles. The SMILES string of the molecule is COc1ccc(C(C)(C)CN2C(=O)c3ccccc3C(C(=O)O)C2c2ccco2)cc1. The summed E-state index contributed by atoms with van der Waals surface area (Å²) in [5, 5.41) is 10.1. The van der Waals surface area contributed by atoms with Gasteiger partial charge in [0.2, 0.25) is 0 Å². The number of amides is 1. The molecule has 1 aliphatic rings. The van der Waals surface area contributed by atoms with E-state index in [4.69, 9.17) is 9.15 Å². The van der Waals surface area contributed by atoms with Crippen molar-refractivity contribution in [2.75, 3.05) is 13.7 Å². The Balaban J connectivity index is 1.80. The number of carboxylic acids is 1. The third kappa shape index (κ3) is 3.69. The van der Waals surface area contributed by atoms with Crippen molar-refractivity contribution in [3.8, 4) is 5.75 Å². The lowest BCUT2D eigenvalue weighted by Crippen LogP contribution is -2.49. The van der Waals surface area contributed by atoms with Crippen molar-refractivity contribution in [2.45, 2.75) is 31.2 Å². The fourth-order valence-corrected chi connectivity index (χ4v) is 4.37. The quantitative estimate of drug-likeness (QED) is 0.630. The molecule has 6 nitrogen and oxygen atoms in total. The van der Waals surface area contributed by atoms with Crippen molar-refractivity contribution < 1.29 is 23.8 Å². The Morgan fingerprint density at radius 1 is 1.10 bits per heavy atom. The lowest BCUT2D eigenvalue weighted by atomic mass is 9.78. The fraction of sp³-hybridized carbons (Fsp3) is 0.280. The number of aliphatic carboxylic acids is 1. The van der Waals surface area contributed by atoms with Crippen molar-refractivity contribution in [2.24, 2.45) is 0 Å². The number of benzene rings is 2. The zero-order chi connectivity index (χ0) is 22.2. The first-order valence-electron chi connectivity index (χ1n) is 10.1. The van der Waals surface area contributed by atoms with Crippen LogP contribution in [0.5, 0.6) is 5.75 Å². The maximum atomic E-state index is 13.6. The van der Waals surface area contributed by atoms with E-state index in [-0.39, 0.29) is 5.91 Å². The van der Waals surface area contributed by atoms with E-state index in [1.165, 1.54) is 6.26 Å². The molecular formula is C25H25NO5. The first kappa shape index (κ1) is 20.7. The van der Waals surface area contributed by atoms with Gasteiger partial charge in [-0.25, -0.2) is 0 Å². The van der Waals surface area contributed by atoms with Crippen molar-refractivity contribution in [1.82, 2.24) is 4.90 Å². The number of carbonyl (C=O) groups is 2. The van der Waals surface area contributed by atoms with E-state index >= 15 is 0 Å². The largest absolute Gasteiger partial charge is 0.497 e. The van der Waals surface area contributed by atoms with E-state index in [0.717, 1.165) is 11.3 Å². The number of hydrogen-bond acceptors (Lipinski definition) is 4. The van der Waals surface area contributed by atoms with Crippen LogP contribution in [0.15, 0.2) is 71.3 Å². The smallest absolute Gasteiger partial charge is 0.313 e. The first-order valence-corrected chi connectivity index (χ1v) is 10.1. The van der Waals surface area contributed by atoms with Crippen molar-refractivity contribution in [3.63, 3.8) is 0 Å². The maximum absolute atomic E-state index is 13.6. The summed E-state index contributed by atoms with van der Waals surface area (Å²) in [7, 11) is 1.62. The summed E-state index contributed by atoms with van der Waals surface area (Å²) in [6.07, 6.45) is 1.51. The number of ether oxygens (including phenoxy) is 1. The molecule has 1 aromatic heterocycles. The molecule has 31 heavy (non-hydrogen) atoms. The maximum Gasteiger partial charge on any atom is 0.313 e.